The first kappa shape index (κ1) is 27.3. The number of benzene rings is 2. The monoisotopic (exact) mass is 521 g/mol. The quantitative estimate of drug-likeness (QED) is 0.145. The molecule has 3 nitrogen and oxygen atoms in total. The van der Waals surface area contributed by atoms with Crippen LogP contribution < -0.4 is 0 Å². The van der Waals surface area contributed by atoms with Crippen LogP contribution >= 0.6 is 23.2 Å². The molecule has 1 saturated heterocycles. The SMILES string of the molecule is C=CCCCCCCCCC(Cl)C(Cl)C1CN(S(=O)(=O)c2ccccc2)CC1c1ccccc1. The van der Waals surface area contributed by atoms with Crippen molar-refractivity contribution in [3.8, 4) is 0 Å². The molecule has 3 rings (SSSR count). The highest BCUT2D eigenvalue weighted by Gasteiger charge is 2.44. The van der Waals surface area contributed by atoms with Crippen molar-refractivity contribution in [3.63, 3.8) is 0 Å². The fourth-order valence-corrected chi connectivity index (χ4v) is 7.11. The highest BCUT2D eigenvalue weighted by atomic mass is 35.5. The number of allylic oxidation sites excluding steroid dienone is 1. The minimum atomic E-state index is -3.58. The van der Waals surface area contributed by atoms with Gasteiger partial charge in [-0.3, -0.25) is 0 Å². The van der Waals surface area contributed by atoms with E-state index < -0.39 is 10.0 Å². The first-order chi connectivity index (χ1) is 16.4. The second kappa shape index (κ2) is 13.7. The predicted molar refractivity (Wildman–Crippen MR) is 144 cm³/mol. The van der Waals surface area contributed by atoms with Gasteiger partial charge in [0.05, 0.1) is 15.6 Å². The molecule has 0 aliphatic carbocycles. The van der Waals surface area contributed by atoms with Crippen molar-refractivity contribution in [1.29, 1.82) is 0 Å². The minimum absolute atomic E-state index is 0.0216. The number of rotatable bonds is 14. The van der Waals surface area contributed by atoms with E-state index in [0.717, 1.165) is 31.2 Å². The molecule has 0 radical (unpaired) electrons. The molecular weight excluding hydrogens is 485 g/mol. The molecule has 2 aromatic carbocycles. The Bertz CT molecular complexity index is 968. The number of nitrogens with zero attached hydrogens (tertiary/aromatic N) is 1. The summed E-state index contributed by atoms with van der Waals surface area (Å²) < 4.78 is 28.3. The van der Waals surface area contributed by atoms with Crippen LogP contribution in [0, 0.1) is 5.92 Å². The Kier molecular flexibility index (Phi) is 11.0. The van der Waals surface area contributed by atoms with Crippen LogP contribution in [-0.2, 0) is 10.0 Å². The molecule has 0 amide bonds. The molecule has 0 aromatic heterocycles. The maximum Gasteiger partial charge on any atom is 0.243 e. The third kappa shape index (κ3) is 7.34. The van der Waals surface area contributed by atoms with Gasteiger partial charge in [-0.2, -0.15) is 4.31 Å². The van der Waals surface area contributed by atoms with Crippen molar-refractivity contribution in [2.45, 2.75) is 72.9 Å². The van der Waals surface area contributed by atoms with E-state index in [0.29, 0.717) is 18.0 Å². The van der Waals surface area contributed by atoms with Gasteiger partial charge in [0.25, 0.3) is 0 Å². The Morgan fingerprint density at radius 3 is 2.12 bits per heavy atom. The van der Waals surface area contributed by atoms with Crippen LogP contribution in [0.2, 0.25) is 0 Å². The predicted octanol–water partition coefficient (Wildman–Crippen LogP) is 7.61. The number of halogens is 2. The van der Waals surface area contributed by atoms with E-state index in [4.69, 9.17) is 23.2 Å². The number of hydrogen-bond acceptors (Lipinski definition) is 2. The van der Waals surface area contributed by atoms with Gasteiger partial charge in [-0.15, -0.1) is 29.8 Å². The molecule has 0 bridgehead atoms. The summed E-state index contributed by atoms with van der Waals surface area (Å²) in [5.74, 6) is -0.0164. The molecule has 2 aromatic rings. The van der Waals surface area contributed by atoms with Crippen LogP contribution in [0.4, 0.5) is 0 Å². The Balaban J connectivity index is 1.63. The molecule has 0 spiro atoms. The zero-order chi connectivity index (χ0) is 24.4. The van der Waals surface area contributed by atoms with Crippen LogP contribution in [0.15, 0.2) is 78.2 Å². The summed E-state index contributed by atoms with van der Waals surface area (Å²) in [6.45, 7) is 4.58. The fourth-order valence-electron chi connectivity index (χ4n) is 4.87. The Labute approximate surface area is 216 Å². The lowest BCUT2D eigenvalue weighted by Gasteiger charge is -2.27. The van der Waals surface area contributed by atoms with Crippen molar-refractivity contribution in [1.82, 2.24) is 4.31 Å². The molecule has 0 saturated carbocycles. The largest absolute Gasteiger partial charge is 0.243 e. The van der Waals surface area contributed by atoms with Crippen LogP contribution in [0.1, 0.15) is 62.8 Å². The summed E-state index contributed by atoms with van der Waals surface area (Å²) in [5.41, 5.74) is 1.12. The zero-order valence-corrected chi connectivity index (χ0v) is 22.2. The van der Waals surface area contributed by atoms with Gasteiger partial charge in [-0.25, -0.2) is 8.42 Å². The van der Waals surface area contributed by atoms with Crippen molar-refractivity contribution in [2.24, 2.45) is 5.92 Å². The first-order valence-corrected chi connectivity index (χ1v) is 14.8. The average Bonchev–Trinajstić information content (AvgIpc) is 3.32. The summed E-state index contributed by atoms with van der Waals surface area (Å²) in [5, 5.41) is -0.478. The van der Waals surface area contributed by atoms with E-state index in [-0.39, 0.29) is 22.6 Å². The van der Waals surface area contributed by atoms with Gasteiger partial charge in [0.2, 0.25) is 10.0 Å². The molecule has 4 unspecified atom stereocenters. The van der Waals surface area contributed by atoms with Gasteiger partial charge < -0.3 is 0 Å². The summed E-state index contributed by atoms with van der Waals surface area (Å²) in [6.07, 6.45) is 11.1. The molecular formula is C28H37Cl2NO2S. The van der Waals surface area contributed by atoms with E-state index in [1.165, 1.54) is 25.7 Å². The van der Waals surface area contributed by atoms with Gasteiger partial charge in [0, 0.05) is 19.0 Å². The van der Waals surface area contributed by atoms with Crippen LogP contribution in [-0.4, -0.2) is 36.6 Å². The highest BCUT2D eigenvalue weighted by Crippen LogP contribution is 2.41. The summed E-state index contributed by atoms with van der Waals surface area (Å²) in [4.78, 5) is 0.323. The Morgan fingerprint density at radius 1 is 0.882 bits per heavy atom. The Morgan fingerprint density at radius 2 is 1.47 bits per heavy atom. The van der Waals surface area contributed by atoms with Crippen molar-refractivity contribution < 1.29 is 8.42 Å². The molecule has 0 N–H and O–H groups in total. The van der Waals surface area contributed by atoms with Crippen LogP contribution in [0.25, 0.3) is 0 Å². The number of alkyl halides is 2. The third-order valence-electron chi connectivity index (χ3n) is 6.83. The van der Waals surface area contributed by atoms with Crippen molar-refractivity contribution >= 4 is 33.2 Å². The minimum Gasteiger partial charge on any atom is -0.207 e. The van der Waals surface area contributed by atoms with Gasteiger partial charge in [-0.05, 0) is 42.9 Å². The van der Waals surface area contributed by atoms with E-state index in [9.17, 15) is 8.42 Å². The molecule has 1 fully saturated rings. The number of hydrogen-bond donors (Lipinski definition) is 0. The molecule has 1 aliphatic heterocycles. The van der Waals surface area contributed by atoms with Crippen LogP contribution in [0.3, 0.4) is 0 Å². The van der Waals surface area contributed by atoms with Gasteiger partial charge in [0.15, 0.2) is 0 Å². The molecule has 4 atom stereocenters. The second-order valence-corrected chi connectivity index (χ2v) is 12.3. The molecule has 1 aliphatic rings. The van der Waals surface area contributed by atoms with Crippen LogP contribution in [0.5, 0.6) is 0 Å². The normalized spacial score (nSPS) is 20.8. The topological polar surface area (TPSA) is 37.4 Å². The lowest BCUT2D eigenvalue weighted by molar-refractivity contribution is 0.432. The molecule has 186 valence electrons. The van der Waals surface area contributed by atoms with Crippen molar-refractivity contribution in [2.75, 3.05) is 13.1 Å². The Hall–Kier alpha value is -1.33. The van der Waals surface area contributed by atoms with E-state index in [1.807, 2.05) is 30.3 Å². The summed E-state index contributed by atoms with van der Waals surface area (Å²) >= 11 is 13.8. The maximum absolute atomic E-state index is 13.3. The average molecular weight is 523 g/mol. The van der Waals surface area contributed by atoms with Gasteiger partial charge in [-0.1, -0.05) is 86.7 Å². The smallest absolute Gasteiger partial charge is 0.207 e. The second-order valence-electron chi connectivity index (χ2n) is 9.26. The summed E-state index contributed by atoms with van der Waals surface area (Å²) in [7, 11) is -3.58. The zero-order valence-electron chi connectivity index (χ0n) is 19.9. The lowest BCUT2D eigenvalue weighted by atomic mass is 9.85. The van der Waals surface area contributed by atoms with Gasteiger partial charge >= 0.3 is 0 Å². The highest BCUT2D eigenvalue weighted by molar-refractivity contribution is 7.89. The molecule has 34 heavy (non-hydrogen) atoms. The van der Waals surface area contributed by atoms with E-state index in [2.05, 4.69) is 18.7 Å². The third-order valence-corrected chi connectivity index (χ3v) is 9.93. The standard InChI is InChI=1S/C28H37Cl2NO2S/c1-2-3-4-5-6-7-8-15-20-27(29)28(30)26-22-31(21-25(26)23-16-11-9-12-17-23)34(32,33)24-18-13-10-14-19-24/h2,9-14,16-19,25-28H,1,3-8,15,20-22H2. The summed E-state index contributed by atoms with van der Waals surface area (Å²) in [6, 6.07) is 18.7. The fraction of sp³-hybridized carbons (Fsp3) is 0.500. The van der Waals surface area contributed by atoms with E-state index >= 15 is 0 Å². The van der Waals surface area contributed by atoms with E-state index in [1.54, 1.807) is 28.6 Å². The number of sulfonamides is 1. The molecule has 6 heteroatoms. The first-order valence-electron chi connectivity index (χ1n) is 12.4. The number of unbranched alkanes of at least 4 members (excludes halogenated alkanes) is 6. The van der Waals surface area contributed by atoms with Crippen molar-refractivity contribution in [3.05, 3.63) is 78.9 Å². The lowest BCUT2D eigenvalue weighted by Crippen LogP contribution is -2.32. The van der Waals surface area contributed by atoms with Gasteiger partial charge in [0.1, 0.15) is 0 Å². The maximum atomic E-state index is 13.3. The molecule has 1 heterocycles.